The highest BCUT2D eigenvalue weighted by molar-refractivity contribution is 6.31. The highest BCUT2D eigenvalue weighted by Gasteiger charge is 2.59. The van der Waals surface area contributed by atoms with E-state index in [1.165, 1.54) is 53.6 Å². The number of carbonyl (C=O) groups is 1. The third-order valence-corrected chi connectivity index (χ3v) is 6.93. The summed E-state index contributed by atoms with van der Waals surface area (Å²) in [5.74, 6) is -4.47. The van der Waals surface area contributed by atoms with Crippen LogP contribution in [0.1, 0.15) is 34.3 Å². The van der Waals surface area contributed by atoms with Crippen molar-refractivity contribution < 1.29 is 37.3 Å². The van der Waals surface area contributed by atoms with Crippen LogP contribution in [0, 0.1) is 5.82 Å². The smallest absolute Gasteiger partial charge is 0.422 e. The highest BCUT2D eigenvalue weighted by atomic mass is 35.5. The van der Waals surface area contributed by atoms with E-state index in [4.69, 9.17) is 16.3 Å². The molecule has 0 amide bonds. The Morgan fingerprint density at radius 1 is 1.00 bits per heavy atom. The van der Waals surface area contributed by atoms with Crippen LogP contribution < -0.4 is 15.5 Å². The van der Waals surface area contributed by atoms with Gasteiger partial charge in [-0.15, -0.1) is 0 Å². The lowest BCUT2D eigenvalue weighted by Gasteiger charge is -2.37. The molecule has 2 unspecified atom stereocenters. The molecule has 4 aromatic rings. The molecular weight excluding hydrogens is 532 g/mol. The van der Waals surface area contributed by atoms with Gasteiger partial charge in [0.15, 0.2) is 5.60 Å². The van der Waals surface area contributed by atoms with Crippen LogP contribution in [0.25, 0.3) is 11.0 Å². The number of aliphatic hydroxyl groups is 1. The Morgan fingerprint density at radius 3 is 2.18 bits per heavy atom. The molecule has 1 heterocycles. The zero-order chi connectivity index (χ0) is 28.2. The molecule has 0 radical (unpaired) electrons. The average molecular weight is 552 g/mol. The summed E-state index contributed by atoms with van der Waals surface area (Å²) < 4.78 is 65.2. The second kappa shape index (κ2) is 9.48. The van der Waals surface area contributed by atoms with Gasteiger partial charge in [0.25, 0.3) is 0 Å². The van der Waals surface area contributed by atoms with Crippen LogP contribution in [-0.4, -0.2) is 26.4 Å². The molecule has 3 aromatic carbocycles. The summed E-state index contributed by atoms with van der Waals surface area (Å²) in [5, 5.41) is 21.9. The van der Waals surface area contributed by atoms with E-state index < -0.39 is 46.3 Å². The number of aromatic nitrogens is 2. The molecule has 0 saturated carbocycles. The number of aryl methyl sites for hydroxylation is 2. The molecule has 0 bridgehead atoms. The molecule has 12 heteroatoms. The lowest BCUT2D eigenvalue weighted by Crippen LogP contribution is -2.46. The summed E-state index contributed by atoms with van der Waals surface area (Å²) in [4.78, 5) is 23.1. The Morgan fingerprint density at radius 2 is 1.61 bits per heavy atom. The van der Waals surface area contributed by atoms with Crippen molar-refractivity contribution >= 4 is 28.6 Å². The van der Waals surface area contributed by atoms with E-state index in [0.29, 0.717) is 5.52 Å². The third-order valence-electron chi connectivity index (χ3n) is 6.61. The van der Waals surface area contributed by atoms with Crippen molar-refractivity contribution in [3.63, 3.8) is 0 Å². The Balaban J connectivity index is 1.72. The van der Waals surface area contributed by atoms with Crippen molar-refractivity contribution in [3.8, 4) is 11.5 Å². The van der Waals surface area contributed by atoms with E-state index in [9.17, 15) is 37.4 Å². The van der Waals surface area contributed by atoms with Crippen molar-refractivity contribution in [1.82, 2.24) is 9.13 Å². The van der Waals surface area contributed by atoms with Gasteiger partial charge < -0.3 is 19.7 Å². The van der Waals surface area contributed by atoms with Gasteiger partial charge in [-0.3, -0.25) is 9.13 Å². The largest absolute Gasteiger partial charge is 0.545 e. The molecule has 2 atom stereocenters. The molecule has 200 valence electrons. The standard InChI is InChI=1S/C26H21ClF4N2O5/c1-13(17-7-5-15(11-19(17)27)38-16-6-8-18(23(34)35)20(28)12-16)25(37,26(29,30)31)14-4-9-21-22(10-14)33(3)24(36)32(21)2/h4-13,37H,1-3H3,(H,34,35)/p-1. The molecule has 0 aliphatic carbocycles. The third kappa shape index (κ3) is 4.41. The predicted octanol–water partition coefficient (Wildman–Crippen LogP) is 4.38. The molecular formula is C26H20ClF4N2O5-. The summed E-state index contributed by atoms with van der Waals surface area (Å²) in [6.45, 7) is 1.16. The lowest BCUT2D eigenvalue weighted by molar-refractivity contribution is -0.274. The number of carbonyl (C=O) groups excluding carboxylic acids is 1. The van der Waals surface area contributed by atoms with E-state index in [1.807, 2.05) is 0 Å². The minimum Gasteiger partial charge on any atom is -0.545 e. The van der Waals surface area contributed by atoms with Gasteiger partial charge >= 0.3 is 11.9 Å². The van der Waals surface area contributed by atoms with Gasteiger partial charge in [-0.25, -0.2) is 9.18 Å². The molecule has 7 nitrogen and oxygen atoms in total. The number of benzene rings is 3. The van der Waals surface area contributed by atoms with Crippen LogP contribution in [0.2, 0.25) is 5.02 Å². The van der Waals surface area contributed by atoms with E-state index in [2.05, 4.69) is 0 Å². The van der Waals surface area contributed by atoms with Crippen LogP contribution in [0.3, 0.4) is 0 Å². The van der Waals surface area contributed by atoms with E-state index >= 15 is 0 Å². The minimum absolute atomic E-state index is 0.0304. The van der Waals surface area contributed by atoms with Crippen molar-refractivity contribution in [3.05, 3.63) is 92.6 Å². The molecule has 0 aliphatic heterocycles. The maximum Gasteiger partial charge on any atom is 0.422 e. The fraction of sp³-hybridized carbons (Fsp3) is 0.231. The number of nitrogens with zero attached hydrogens (tertiary/aromatic N) is 2. The van der Waals surface area contributed by atoms with Crippen molar-refractivity contribution in [2.45, 2.75) is 24.6 Å². The van der Waals surface area contributed by atoms with Crippen molar-refractivity contribution in [2.75, 3.05) is 0 Å². The first kappa shape index (κ1) is 27.2. The second-order valence-corrected chi connectivity index (χ2v) is 9.21. The summed E-state index contributed by atoms with van der Waals surface area (Å²) >= 11 is 6.31. The molecule has 1 aromatic heterocycles. The monoisotopic (exact) mass is 551 g/mol. The maximum absolute atomic E-state index is 14.5. The average Bonchev–Trinajstić information content (AvgIpc) is 3.05. The van der Waals surface area contributed by atoms with Crippen LogP contribution in [0.5, 0.6) is 11.5 Å². The number of ether oxygens (including phenoxy) is 1. The number of fused-ring (bicyclic) bond motifs is 1. The van der Waals surface area contributed by atoms with E-state index in [1.54, 1.807) is 0 Å². The van der Waals surface area contributed by atoms with Gasteiger partial charge in [0.05, 0.1) is 17.0 Å². The predicted molar refractivity (Wildman–Crippen MR) is 129 cm³/mol. The number of aromatic carboxylic acids is 1. The maximum atomic E-state index is 14.5. The van der Waals surface area contributed by atoms with Crippen LogP contribution >= 0.6 is 11.6 Å². The van der Waals surface area contributed by atoms with Crippen LogP contribution in [0.15, 0.2) is 59.4 Å². The van der Waals surface area contributed by atoms with Crippen LogP contribution in [-0.2, 0) is 19.7 Å². The highest BCUT2D eigenvalue weighted by Crippen LogP contribution is 2.50. The number of rotatable bonds is 6. The van der Waals surface area contributed by atoms with Gasteiger partial charge in [-0.2, -0.15) is 13.2 Å². The van der Waals surface area contributed by atoms with Gasteiger partial charge in [0.2, 0.25) is 0 Å². The first-order valence-electron chi connectivity index (χ1n) is 11.1. The fourth-order valence-corrected chi connectivity index (χ4v) is 4.75. The summed E-state index contributed by atoms with van der Waals surface area (Å²) in [7, 11) is 2.90. The van der Waals surface area contributed by atoms with Gasteiger partial charge in [0.1, 0.15) is 17.3 Å². The Kier molecular flexibility index (Phi) is 6.79. The molecule has 0 fully saturated rings. The summed E-state index contributed by atoms with van der Waals surface area (Å²) in [5.41, 5.74) is -4.43. The van der Waals surface area contributed by atoms with Gasteiger partial charge in [-0.05, 0) is 47.5 Å². The minimum atomic E-state index is -5.13. The molecule has 1 N–H and O–H groups in total. The summed E-state index contributed by atoms with van der Waals surface area (Å²) in [6, 6.07) is 10.2. The second-order valence-electron chi connectivity index (χ2n) is 8.80. The normalized spacial score (nSPS) is 14.3. The fourth-order valence-electron chi connectivity index (χ4n) is 4.41. The first-order valence-corrected chi connectivity index (χ1v) is 11.5. The number of imidazole rings is 1. The zero-order valence-electron chi connectivity index (χ0n) is 20.1. The number of carboxylic acid groups (broad SMARTS) is 1. The Labute approximate surface area is 218 Å². The van der Waals surface area contributed by atoms with Gasteiger partial charge in [-0.1, -0.05) is 30.7 Å². The lowest BCUT2D eigenvalue weighted by atomic mass is 9.77. The first-order chi connectivity index (χ1) is 17.7. The Hall–Kier alpha value is -3.83. The van der Waals surface area contributed by atoms with Crippen molar-refractivity contribution in [2.24, 2.45) is 14.1 Å². The quantitative estimate of drug-likeness (QED) is 0.359. The molecule has 4 rings (SSSR count). The number of carboxylic acids is 1. The number of hydrogen-bond donors (Lipinski definition) is 1. The van der Waals surface area contributed by atoms with E-state index in [-0.39, 0.29) is 27.6 Å². The van der Waals surface area contributed by atoms with E-state index in [0.717, 1.165) is 31.2 Å². The Bertz CT molecular complexity index is 1630. The number of alkyl halides is 3. The number of hydrogen-bond acceptors (Lipinski definition) is 5. The molecule has 0 aliphatic rings. The molecule has 38 heavy (non-hydrogen) atoms. The molecule has 0 spiro atoms. The zero-order valence-corrected chi connectivity index (χ0v) is 20.9. The number of halogens is 5. The van der Waals surface area contributed by atoms with Gasteiger partial charge in [0, 0.05) is 36.7 Å². The van der Waals surface area contributed by atoms with Crippen LogP contribution in [0.4, 0.5) is 17.6 Å². The molecule has 0 saturated heterocycles. The van der Waals surface area contributed by atoms with Crippen molar-refractivity contribution in [1.29, 1.82) is 0 Å². The SMILES string of the molecule is CC(c1ccc(Oc2ccc(C(=O)[O-])c(F)c2)cc1Cl)C(O)(c1ccc2c(c1)n(C)c(=O)n2C)C(F)(F)F. The summed E-state index contributed by atoms with van der Waals surface area (Å²) in [6.07, 6.45) is -5.13. The topological polar surface area (TPSA) is 96.5 Å².